The van der Waals surface area contributed by atoms with Crippen molar-refractivity contribution in [1.29, 1.82) is 0 Å². The van der Waals surface area contributed by atoms with E-state index >= 15 is 0 Å². The monoisotopic (exact) mass is 635 g/mol. The van der Waals surface area contributed by atoms with Crippen LogP contribution >= 0.6 is 0 Å². The fraction of sp³-hybridized carbons (Fsp3) is 0.269. The molecule has 0 aliphatic rings. The summed E-state index contributed by atoms with van der Waals surface area (Å²) in [5.41, 5.74) is 1.29. The van der Waals surface area contributed by atoms with Crippen LogP contribution in [0.3, 0.4) is 0 Å². The zero-order chi connectivity index (χ0) is 30.1. The average molecular weight is 636 g/mol. The molecule has 42 heavy (non-hydrogen) atoms. The van der Waals surface area contributed by atoms with E-state index in [0.717, 1.165) is 3.97 Å². The molecule has 0 saturated carbocycles. The van der Waals surface area contributed by atoms with Crippen LogP contribution in [0.2, 0.25) is 0 Å². The third kappa shape index (κ3) is 7.38. The van der Waals surface area contributed by atoms with E-state index in [0.29, 0.717) is 0 Å². The van der Waals surface area contributed by atoms with Gasteiger partial charge in [0, 0.05) is 22.9 Å². The molecule has 0 aliphatic carbocycles. The Morgan fingerprint density at radius 1 is 1.10 bits per heavy atom. The minimum absolute atomic E-state index is 0. The van der Waals surface area contributed by atoms with Crippen molar-refractivity contribution in [2.24, 2.45) is 0 Å². The van der Waals surface area contributed by atoms with E-state index in [1.807, 2.05) is 0 Å². The van der Waals surface area contributed by atoms with Crippen LogP contribution in [0.5, 0.6) is 11.5 Å². The minimum atomic E-state index is -4.56. The molecule has 2 aromatic heterocycles. The number of carboxylic acid groups (broad SMARTS) is 1. The van der Waals surface area contributed by atoms with Gasteiger partial charge in [-0.05, 0) is 62.2 Å². The fourth-order valence-corrected chi connectivity index (χ4v) is 7.67. The van der Waals surface area contributed by atoms with Gasteiger partial charge >= 0.3 is 46.9 Å². The number of pyridine rings is 1. The molecule has 0 amide bonds. The number of fused-ring (bicyclic) bond motifs is 1. The molecule has 220 valence electrons. The van der Waals surface area contributed by atoms with Crippen molar-refractivity contribution in [3.05, 3.63) is 71.0 Å². The number of nitrogens with zero attached hydrogens (tertiary/aromatic N) is 3. The van der Waals surface area contributed by atoms with E-state index in [1.54, 1.807) is 18.2 Å². The Morgan fingerprint density at radius 3 is 2.36 bits per heavy atom. The van der Waals surface area contributed by atoms with Crippen LogP contribution in [-0.2, 0) is 31.7 Å². The maximum atomic E-state index is 14.1. The summed E-state index contributed by atoms with van der Waals surface area (Å²) >= 11 is -2.12. The summed E-state index contributed by atoms with van der Waals surface area (Å²) in [6.07, 6.45) is -3.35. The predicted octanol–water partition coefficient (Wildman–Crippen LogP) is 3.66. The molecular weight excluding hydrogens is 610 g/mol. The van der Waals surface area contributed by atoms with Crippen molar-refractivity contribution >= 4 is 67.8 Å². The number of aromatic nitrogens is 3. The van der Waals surface area contributed by atoms with Gasteiger partial charge in [-0.15, -0.1) is 0 Å². The molecule has 4 rings (SSSR count). The molecule has 0 radical (unpaired) electrons. The van der Waals surface area contributed by atoms with Crippen molar-refractivity contribution in [2.45, 2.75) is 42.8 Å². The Bertz CT molecular complexity index is 1710. The SMILES string of the molecule is Cc1cc(OCC(=O)O)cc(C)c1S(=O)(=O)n1c([S+]([O-])Cc2nccc(OCC(F)(F)F)c2C)nc2ccccc21.[NaH]. The van der Waals surface area contributed by atoms with Gasteiger partial charge in [0.25, 0.3) is 10.0 Å². The summed E-state index contributed by atoms with van der Waals surface area (Å²) in [4.78, 5) is 19.2. The number of halogens is 3. The topological polar surface area (TPSA) is 144 Å². The second-order valence-electron chi connectivity index (χ2n) is 9.00. The van der Waals surface area contributed by atoms with Crippen LogP contribution in [0.25, 0.3) is 11.0 Å². The molecule has 0 bridgehead atoms. The molecule has 2 aromatic carbocycles. The third-order valence-corrected chi connectivity index (χ3v) is 9.25. The molecule has 10 nitrogen and oxygen atoms in total. The van der Waals surface area contributed by atoms with Gasteiger partial charge in [0.15, 0.2) is 19.0 Å². The van der Waals surface area contributed by atoms with E-state index in [9.17, 15) is 30.9 Å². The Kier molecular flexibility index (Phi) is 10.6. The number of ether oxygens (including phenoxy) is 2. The first kappa shape index (κ1) is 33.7. The molecule has 4 aromatic rings. The van der Waals surface area contributed by atoms with Gasteiger partial charge in [-0.3, -0.25) is 4.98 Å². The number of imidazole rings is 1. The number of hydrogen-bond donors (Lipinski definition) is 1. The van der Waals surface area contributed by atoms with Crippen molar-refractivity contribution in [3.63, 3.8) is 0 Å². The van der Waals surface area contributed by atoms with Gasteiger partial charge in [0.1, 0.15) is 11.5 Å². The van der Waals surface area contributed by atoms with E-state index in [1.165, 1.54) is 51.2 Å². The number of hydrogen-bond acceptors (Lipinski definition) is 8. The van der Waals surface area contributed by atoms with Gasteiger partial charge in [0.2, 0.25) is 0 Å². The van der Waals surface area contributed by atoms with Crippen molar-refractivity contribution in [3.8, 4) is 11.5 Å². The number of carboxylic acids is 1. The molecule has 2 heterocycles. The first-order valence-corrected chi connectivity index (χ1v) is 14.7. The summed E-state index contributed by atoms with van der Waals surface area (Å²) in [5, 5.41) is 8.58. The molecule has 1 N–H and O–H groups in total. The average Bonchev–Trinajstić information content (AvgIpc) is 3.28. The Hall–Kier alpha value is -2.82. The van der Waals surface area contributed by atoms with E-state index < -0.39 is 46.6 Å². The van der Waals surface area contributed by atoms with E-state index in [-0.39, 0.29) is 90.3 Å². The molecule has 1 atom stereocenters. The second-order valence-corrected chi connectivity index (χ2v) is 12.1. The molecule has 0 spiro atoms. The van der Waals surface area contributed by atoms with Crippen LogP contribution in [0, 0.1) is 20.8 Å². The molecular formula is C26H25F3N3NaO7S2. The molecule has 0 saturated heterocycles. The van der Waals surface area contributed by atoms with Gasteiger partial charge in [0.05, 0.1) is 21.6 Å². The number of alkyl halides is 3. The Morgan fingerprint density at radius 2 is 1.74 bits per heavy atom. The number of aryl methyl sites for hydroxylation is 2. The van der Waals surface area contributed by atoms with E-state index in [2.05, 4.69) is 9.97 Å². The summed E-state index contributed by atoms with van der Waals surface area (Å²) in [6, 6.07) is 10.3. The molecule has 16 heteroatoms. The Balaban J connectivity index is 0.00000484. The fourth-order valence-electron chi connectivity index (χ4n) is 4.20. The summed E-state index contributed by atoms with van der Waals surface area (Å²) in [6.45, 7) is 2.36. The van der Waals surface area contributed by atoms with Crippen LogP contribution in [0.4, 0.5) is 13.2 Å². The summed E-state index contributed by atoms with van der Waals surface area (Å²) < 4.78 is 90.8. The predicted molar refractivity (Wildman–Crippen MR) is 149 cm³/mol. The standard InChI is InChI=1S/C26H24F3N3O7S2.Na.H/c1-15-10-18(38-12-23(33)34)11-16(2)24(15)41(36,37)32-21-7-5-4-6-19(21)31-25(32)40(35)13-20-17(3)22(8-9-30-20)39-14-26(27,28)29;;/h4-11H,12-14H2,1-3H3,(H,33,34);;. The normalized spacial score (nSPS) is 12.5. The quantitative estimate of drug-likeness (QED) is 0.204. The zero-order valence-corrected chi connectivity index (χ0v) is 23.6. The number of rotatable bonds is 10. The van der Waals surface area contributed by atoms with Gasteiger partial charge in [-0.1, -0.05) is 12.1 Å². The third-order valence-electron chi connectivity index (χ3n) is 5.91. The zero-order valence-electron chi connectivity index (χ0n) is 21.9. The van der Waals surface area contributed by atoms with Crippen molar-refractivity contribution in [1.82, 2.24) is 13.9 Å². The second kappa shape index (κ2) is 13.2. The number of aliphatic carboxylic acids is 1. The van der Waals surface area contributed by atoms with Crippen molar-refractivity contribution < 1.29 is 45.5 Å². The summed E-state index contributed by atoms with van der Waals surface area (Å²) in [5.74, 6) is -1.48. The van der Waals surface area contributed by atoms with Crippen molar-refractivity contribution in [2.75, 3.05) is 13.2 Å². The van der Waals surface area contributed by atoms with E-state index in [4.69, 9.17) is 14.6 Å². The first-order chi connectivity index (χ1) is 19.2. The van der Waals surface area contributed by atoms with Crippen LogP contribution < -0.4 is 9.47 Å². The van der Waals surface area contributed by atoms with Gasteiger partial charge in [-0.2, -0.15) is 22.1 Å². The van der Waals surface area contributed by atoms with Gasteiger partial charge < -0.3 is 19.1 Å². The van der Waals surface area contributed by atoms with Crippen LogP contribution in [-0.4, -0.2) is 86.9 Å². The molecule has 1 unspecified atom stereocenters. The molecule has 0 aliphatic heterocycles. The number of benzene rings is 2. The number of carbonyl (C=O) groups is 1. The maximum absolute atomic E-state index is 14.1. The van der Waals surface area contributed by atoms with Crippen LogP contribution in [0.1, 0.15) is 22.4 Å². The Labute approximate surface area is 264 Å². The molecule has 0 fully saturated rings. The van der Waals surface area contributed by atoms with Gasteiger partial charge in [-0.25, -0.2) is 13.2 Å². The first-order valence-electron chi connectivity index (χ1n) is 11.9. The van der Waals surface area contributed by atoms with Crippen LogP contribution in [0.15, 0.2) is 58.7 Å². The summed E-state index contributed by atoms with van der Waals surface area (Å²) in [7, 11) is -4.42. The number of para-hydroxylation sites is 2.